The van der Waals surface area contributed by atoms with Gasteiger partial charge in [0, 0.05) is 10.6 Å². The highest BCUT2D eigenvalue weighted by Crippen LogP contribution is 2.41. The zero-order chi connectivity index (χ0) is 27.1. The molecule has 1 aliphatic heterocycles. The fraction of sp³-hybridized carbons (Fsp3) is 0.118. The van der Waals surface area contributed by atoms with E-state index >= 15 is 0 Å². The fourth-order valence-corrected chi connectivity index (χ4v) is 6.68. The number of hydrogen-bond acceptors (Lipinski definition) is 4. The molecule has 0 spiro atoms. The third-order valence-electron chi connectivity index (χ3n) is 7.46. The van der Waals surface area contributed by atoms with Crippen LogP contribution in [0.3, 0.4) is 0 Å². The number of rotatable bonds is 5. The maximum atomic E-state index is 14.0. The Bertz CT molecular complexity index is 1940. The van der Waals surface area contributed by atoms with Gasteiger partial charge in [0.25, 0.3) is 5.56 Å². The Morgan fingerprint density at radius 1 is 0.925 bits per heavy atom. The molecule has 0 amide bonds. The van der Waals surface area contributed by atoms with Gasteiger partial charge in [-0.3, -0.25) is 9.36 Å². The molecular formula is C34H25ClN2O2S. The van der Waals surface area contributed by atoms with Gasteiger partial charge < -0.3 is 4.74 Å². The highest BCUT2D eigenvalue weighted by atomic mass is 35.5. The number of halogens is 1. The van der Waals surface area contributed by atoms with E-state index in [4.69, 9.17) is 21.3 Å². The molecule has 0 saturated heterocycles. The molecule has 6 heteroatoms. The number of thiazole rings is 1. The number of aryl methyl sites for hydroxylation is 1. The minimum absolute atomic E-state index is 0.0373. The van der Waals surface area contributed by atoms with Crippen molar-refractivity contribution in [3.05, 3.63) is 161 Å². The molecule has 1 aromatic heterocycles. The Hall–Kier alpha value is -4.19. The van der Waals surface area contributed by atoms with Gasteiger partial charge in [-0.05, 0) is 71.0 Å². The van der Waals surface area contributed by atoms with Crippen LogP contribution in [0.4, 0.5) is 0 Å². The monoisotopic (exact) mass is 560 g/mol. The second-order valence-corrected chi connectivity index (χ2v) is 11.5. The molecule has 7 rings (SSSR count). The lowest BCUT2D eigenvalue weighted by Gasteiger charge is -2.30. The van der Waals surface area contributed by atoms with Crippen LogP contribution < -0.4 is 19.6 Å². The van der Waals surface area contributed by atoms with Gasteiger partial charge in [-0.1, -0.05) is 102 Å². The predicted molar refractivity (Wildman–Crippen MR) is 161 cm³/mol. The first-order chi connectivity index (χ1) is 19.6. The van der Waals surface area contributed by atoms with Crippen molar-refractivity contribution < 1.29 is 4.74 Å². The summed E-state index contributed by atoms with van der Waals surface area (Å²) in [5.74, 6) is 0.761. The number of aromatic nitrogens is 1. The van der Waals surface area contributed by atoms with E-state index in [2.05, 4.69) is 24.3 Å². The van der Waals surface area contributed by atoms with Crippen molar-refractivity contribution in [2.75, 3.05) is 0 Å². The Kier molecular flexibility index (Phi) is 6.46. The minimum Gasteiger partial charge on any atom is -0.489 e. The molecule has 0 N–H and O–H groups in total. The van der Waals surface area contributed by atoms with Gasteiger partial charge in [-0.25, -0.2) is 4.99 Å². The Morgan fingerprint density at radius 3 is 2.58 bits per heavy atom. The van der Waals surface area contributed by atoms with Gasteiger partial charge >= 0.3 is 0 Å². The third-order valence-corrected chi connectivity index (χ3v) is 8.70. The standard InChI is InChI=1S/C34H25ClN2O2S/c35-26-16-13-25(14-17-26)32-29-18-15-24-10-4-5-12-28(24)31(29)36-34-37(32)33(38)30(40-34)20-23-9-6-11-27(19-23)39-21-22-7-2-1-3-8-22/h1-14,16-17,19-20,32H,15,18,21H2/b30-20-/t32-/m1/s1. The molecule has 0 fully saturated rings. The summed E-state index contributed by atoms with van der Waals surface area (Å²) in [5.41, 5.74) is 7.64. The topological polar surface area (TPSA) is 43.6 Å². The Labute approximate surface area is 240 Å². The molecule has 2 aliphatic rings. The van der Waals surface area contributed by atoms with Gasteiger partial charge in [0.2, 0.25) is 0 Å². The molecular weight excluding hydrogens is 536 g/mol. The molecule has 196 valence electrons. The van der Waals surface area contributed by atoms with Crippen molar-refractivity contribution in [2.24, 2.45) is 4.99 Å². The van der Waals surface area contributed by atoms with E-state index in [1.165, 1.54) is 22.5 Å². The summed E-state index contributed by atoms with van der Waals surface area (Å²) in [6.45, 7) is 0.487. The van der Waals surface area contributed by atoms with E-state index in [1.54, 1.807) is 0 Å². The molecule has 5 aromatic rings. The van der Waals surface area contributed by atoms with Crippen LogP contribution in [0.1, 0.15) is 40.3 Å². The fourth-order valence-electron chi connectivity index (χ4n) is 5.55. The summed E-state index contributed by atoms with van der Waals surface area (Å²) < 4.78 is 8.54. The molecule has 4 nitrogen and oxygen atoms in total. The van der Waals surface area contributed by atoms with Crippen LogP contribution in [-0.2, 0) is 13.0 Å². The largest absolute Gasteiger partial charge is 0.489 e. The smallest absolute Gasteiger partial charge is 0.271 e. The third kappa shape index (κ3) is 4.61. The molecule has 0 saturated carbocycles. The van der Waals surface area contributed by atoms with Crippen molar-refractivity contribution in [3.63, 3.8) is 0 Å². The van der Waals surface area contributed by atoms with Crippen LogP contribution in [0, 0.1) is 0 Å². The van der Waals surface area contributed by atoms with E-state index in [0.717, 1.165) is 46.5 Å². The summed E-state index contributed by atoms with van der Waals surface area (Å²) in [6.07, 6.45) is 3.72. The van der Waals surface area contributed by atoms with Crippen LogP contribution in [0.5, 0.6) is 5.75 Å². The van der Waals surface area contributed by atoms with Crippen LogP contribution in [-0.4, -0.2) is 4.57 Å². The van der Waals surface area contributed by atoms with E-state index in [1.807, 2.05) is 89.5 Å². The average Bonchev–Trinajstić information content (AvgIpc) is 3.30. The second kappa shape index (κ2) is 10.4. The molecule has 40 heavy (non-hydrogen) atoms. The van der Waals surface area contributed by atoms with Crippen molar-refractivity contribution in [1.82, 2.24) is 4.57 Å². The van der Waals surface area contributed by atoms with E-state index in [0.29, 0.717) is 21.0 Å². The van der Waals surface area contributed by atoms with Crippen molar-refractivity contribution >= 4 is 34.7 Å². The van der Waals surface area contributed by atoms with E-state index in [9.17, 15) is 4.79 Å². The summed E-state index contributed by atoms with van der Waals surface area (Å²) in [5, 5.41) is 0.675. The summed E-state index contributed by atoms with van der Waals surface area (Å²) in [4.78, 5) is 19.8. The van der Waals surface area contributed by atoms with Crippen LogP contribution in [0.2, 0.25) is 5.02 Å². The summed E-state index contributed by atoms with van der Waals surface area (Å²) in [6, 6.07) is 34.0. The van der Waals surface area contributed by atoms with Gasteiger partial charge in [0.15, 0.2) is 4.80 Å². The molecule has 0 radical (unpaired) electrons. The minimum atomic E-state index is -0.223. The average molecular weight is 561 g/mol. The number of ether oxygens (including phenoxy) is 1. The zero-order valence-corrected chi connectivity index (χ0v) is 23.2. The lowest BCUT2D eigenvalue weighted by atomic mass is 9.83. The highest BCUT2D eigenvalue weighted by molar-refractivity contribution is 7.07. The first-order valence-electron chi connectivity index (χ1n) is 13.3. The molecule has 2 heterocycles. The number of allylic oxidation sites excluding steroid dienone is 1. The lowest BCUT2D eigenvalue weighted by molar-refractivity contribution is 0.306. The molecule has 4 aromatic carbocycles. The number of hydrogen-bond donors (Lipinski definition) is 0. The SMILES string of the molecule is O=c1/c(=C/c2cccc(OCc3ccccc3)c2)sc2n1[C@H](c1ccc(Cl)cc1)C1=C(N=2)c2ccccc2CC1. The maximum Gasteiger partial charge on any atom is 0.271 e. The number of nitrogens with zero attached hydrogens (tertiary/aromatic N) is 2. The number of benzene rings is 4. The zero-order valence-electron chi connectivity index (χ0n) is 21.6. The highest BCUT2D eigenvalue weighted by Gasteiger charge is 2.32. The summed E-state index contributed by atoms with van der Waals surface area (Å²) >= 11 is 7.67. The normalized spacial score (nSPS) is 16.1. The van der Waals surface area contributed by atoms with Gasteiger partial charge in [0.1, 0.15) is 12.4 Å². The Balaban J connectivity index is 1.33. The van der Waals surface area contributed by atoms with Crippen LogP contribution >= 0.6 is 22.9 Å². The predicted octanol–water partition coefficient (Wildman–Crippen LogP) is 6.55. The van der Waals surface area contributed by atoms with Gasteiger partial charge in [-0.2, -0.15) is 0 Å². The van der Waals surface area contributed by atoms with Crippen LogP contribution in [0.25, 0.3) is 11.8 Å². The number of fused-ring (bicyclic) bond motifs is 3. The van der Waals surface area contributed by atoms with E-state index < -0.39 is 0 Å². The van der Waals surface area contributed by atoms with Crippen molar-refractivity contribution in [2.45, 2.75) is 25.5 Å². The molecule has 0 unspecified atom stereocenters. The molecule has 0 bridgehead atoms. The first-order valence-corrected chi connectivity index (χ1v) is 14.5. The van der Waals surface area contributed by atoms with Gasteiger partial charge in [0.05, 0.1) is 16.3 Å². The van der Waals surface area contributed by atoms with Gasteiger partial charge in [-0.15, -0.1) is 0 Å². The van der Waals surface area contributed by atoms with Crippen molar-refractivity contribution in [3.8, 4) is 5.75 Å². The first kappa shape index (κ1) is 24.8. The second-order valence-electron chi connectivity index (χ2n) is 10.0. The molecule has 1 atom stereocenters. The maximum absolute atomic E-state index is 14.0. The van der Waals surface area contributed by atoms with E-state index in [-0.39, 0.29) is 11.6 Å². The Morgan fingerprint density at radius 2 is 1.73 bits per heavy atom. The van der Waals surface area contributed by atoms with Crippen molar-refractivity contribution in [1.29, 1.82) is 0 Å². The lowest BCUT2D eigenvalue weighted by Crippen LogP contribution is -2.38. The summed E-state index contributed by atoms with van der Waals surface area (Å²) in [7, 11) is 0. The van der Waals surface area contributed by atoms with Crippen LogP contribution in [0.15, 0.2) is 118 Å². The molecule has 1 aliphatic carbocycles. The quantitative estimate of drug-likeness (QED) is 0.245.